The van der Waals surface area contributed by atoms with Crippen LogP contribution in [-0.2, 0) is 9.59 Å². The third-order valence-electron chi connectivity index (χ3n) is 4.92. The highest BCUT2D eigenvalue weighted by atomic mass is 35.5. The van der Waals surface area contributed by atoms with Crippen molar-refractivity contribution in [2.45, 2.75) is 56.8 Å². The summed E-state index contributed by atoms with van der Waals surface area (Å²) in [5.74, 6) is 1.51. The summed E-state index contributed by atoms with van der Waals surface area (Å²) in [7, 11) is 1.92. The predicted molar refractivity (Wildman–Crippen MR) is 86.6 cm³/mol. The smallest absolute Gasteiger partial charge is 0.246 e. The van der Waals surface area contributed by atoms with Crippen LogP contribution in [0.1, 0.15) is 32.6 Å². The zero-order valence-electron chi connectivity index (χ0n) is 12.6. The van der Waals surface area contributed by atoms with Gasteiger partial charge in [-0.2, -0.15) is 0 Å². The third kappa shape index (κ3) is 3.32. The lowest BCUT2D eigenvalue weighted by Crippen LogP contribution is -2.54. The van der Waals surface area contributed by atoms with Crippen LogP contribution in [0.25, 0.3) is 0 Å². The number of amides is 2. The Balaban J connectivity index is 0.00000161. The van der Waals surface area contributed by atoms with E-state index in [0.717, 1.165) is 18.6 Å². The summed E-state index contributed by atoms with van der Waals surface area (Å²) in [5.41, 5.74) is 0. The molecule has 1 N–H and O–H groups in total. The van der Waals surface area contributed by atoms with Crippen LogP contribution in [0.3, 0.4) is 0 Å². The number of nitrogens with zero attached hydrogens (tertiary/aromatic N) is 2. The van der Waals surface area contributed by atoms with Gasteiger partial charge < -0.3 is 15.1 Å². The van der Waals surface area contributed by atoms with E-state index < -0.39 is 0 Å². The zero-order chi connectivity index (χ0) is 14.3. The molecule has 0 saturated carbocycles. The summed E-state index contributed by atoms with van der Waals surface area (Å²) < 4.78 is 0. The van der Waals surface area contributed by atoms with Crippen LogP contribution in [0.5, 0.6) is 0 Å². The van der Waals surface area contributed by atoms with Crippen molar-refractivity contribution < 1.29 is 9.59 Å². The second-order valence-corrected chi connectivity index (χ2v) is 7.22. The van der Waals surface area contributed by atoms with E-state index in [1.54, 1.807) is 23.6 Å². The Labute approximate surface area is 136 Å². The molecule has 3 saturated heterocycles. The van der Waals surface area contributed by atoms with Crippen LogP contribution in [0.4, 0.5) is 0 Å². The number of hydrogen-bond acceptors (Lipinski definition) is 4. The molecule has 120 valence electrons. The normalized spacial score (nSPS) is 34.5. The molecule has 3 rings (SSSR count). The molecule has 21 heavy (non-hydrogen) atoms. The Hall–Kier alpha value is -0.460. The number of thioether (sulfide) groups is 1. The molecule has 3 heterocycles. The maximum absolute atomic E-state index is 12.7. The highest BCUT2D eigenvalue weighted by Gasteiger charge is 2.40. The van der Waals surface area contributed by atoms with Crippen molar-refractivity contribution in [2.24, 2.45) is 0 Å². The van der Waals surface area contributed by atoms with Gasteiger partial charge >= 0.3 is 0 Å². The monoisotopic (exact) mass is 333 g/mol. The van der Waals surface area contributed by atoms with Gasteiger partial charge in [-0.1, -0.05) is 0 Å². The molecule has 3 unspecified atom stereocenters. The van der Waals surface area contributed by atoms with Gasteiger partial charge in [0.15, 0.2) is 0 Å². The first-order valence-corrected chi connectivity index (χ1v) is 8.59. The molecule has 0 aromatic heterocycles. The van der Waals surface area contributed by atoms with E-state index in [-0.39, 0.29) is 30.3 Å². The van der Waals surface area contributed by atoms with Crippen molar-refractivity contribution in [3.05, 3.63) is 0 Å². The van der Waals surface area contributed by atoms with E-state index in [4.69, 9.17) is 0 Å². The molecule has 3 aliphatic heterocycles. The number of piperidine rings is 1. The number of nitrogens with one attached hydrogen (secondary N) is 1. The Morgan fingerprint density at radius 2 is 1.86 bits per heavy atom. The largest absolute Gasteiger partial charge is 0.341 e. The van der Waals surface area contributed by atoms with E-state index in [2.05, 4.69) is 5.32 Å². The number of fused-ring (bicyclic) bond motifs is 2. The van der Waals surface area contributed by atoms with Gasteiger partial charge in [0.2, 0.25) is 11.8 Å². The standard InChI is InChI=1S/C14H23N3O2S.ClH/c1-9(18)17-8-20-7-13(17)14(19)16(2)12-5-10-3-4-11(6-12)15-10;/h10-13,15H,3-8H2,1-2H3;1H. The van der Waals surface area contributed by atoms with E-state index in [1.807, 2.05) is 11.9 Å². The van der Waals surface area contributed by atoms with Crippen molar-refractivity contribution in [3.63, 3.8) is 0 Å². The van der Waals surface area contributed by atoms with Gasteiger partial charge in [-0.3, -0.25) is 9.59 Å². The summed E-state index contributed by atoms with van der Waals surface area (Å²) >= 11 is 1.67. The van der Waals surface area contributed by atoms with Gasteiger partial charge in [0.25, 0.3) is 0 Å². The molecule has 0 radical (unpaired) electrons. The van der Waals surface area contributed by atoms with Crippen molar-refractivity contribution in [3.8, 4) is 0 Å². The lowest BCUT2D eigenvalue weighted by Gasteiger charge is -2.37. The van der Waals surface area contributed by atoms with E-state index in [0.29, 0.717) is 24.0 Å². The van der Waals surface area contributed by atoms with Crippen LogP contribution in [0, 0.1) is 0 Å². The molecule has 5 nitrogen and oxygen atoms in total. The molecule has 0 spiro atoms. The fraction of sp³-hybridized carbons (Fsp3) is 0.857. The zero-order valence-corrected chi connectivity index (χ0v) is 14.2. The summed E-state index contributed by atoms with van der Waals surface area (Å²) in [6, 6.07) is 1.24. The molecule has 3 aliphatic rings. The summed E-state index contributed by atoms with van der Waals surface area (Å²) in [6.45, 7) is 1.55. The molecule has 0 aromatic carbocycles. The number of hydrogen-bond donors (Lipinski definition) is 1. The molecule has 2 amide bonds. The average molecular weight is 334 g/mol. The second kappa shape index (κ2) is 6.75. The van der Waals surface area contributed by atoms with Crippen molar-refractivity contribution in [2.75, 3.05) is 18.7 Å². The lowest BCUT2D eigenvalue weighted by atomic mass is 9.98. The van der Waals surface area contributed by atoms with Crippen molar-refractivity contribution in [1.82, 2.24) is 15.1 Å². The number of halogens is 1. The van der Waals surface area contributed by atoms with Gasteiger partial charge in [-0.25, -0.2) is 0 Å². The van der Waals surface area contributed by atoms with Crippen LogP contribution in [0.15, 0.2) is 0 Å². The topological polar surface area (TPSA) is 52.7 Å². The minimum atomic E-state index is -0.255. The predicted octanol–water partition coefficient (Wildman–Crippen LogP) is 1.07. The quantitative estimate of drug-likeness (QED) is 0.821. The lowest BCUT2D eigenvalue weighted by molar-refractivity contribution is -0.143. The van der Waals surface area contributed by atoms with Crippen molar-refractivity contribution in [1.29, 1.82) is 0 Å². The fourth-order valence-electron chi connectivity index (χ4n) is 3.72. The molecule has 0 aromatic rings. The number of likely N-dealkylation sites (N-methyl/N-ethyl adjacent to an activating group) is 1. The first-order valence-electron chi connectivity index (χ1n) is 7.44. The SMILES string of the molecule is CC(=O)N1CSCC1C(=O)N(C)C1CC2CCC(C1)N2.Cl. The average Bonchev–Trinajstić information content (AvgIpc) is 3.03. The molecular weight excluding hydrogens is 310 g/mol. The summed E-state index contributed by atoms with van der Waals surface area (Å²) in [6.07, 6.45) is 4.58. The minimum Gasteiger partial charge on any atom is -0.341 e. The van der Waals surface area contributed by atoms with Gasteiger partial charge in [0.1, 0.15) is 6.04 Å². The number of carbonyl (C=O) groups is 2. The Kier molecular flexibility index (Phi) is 5.43. The number of carbonyl (C=O) groups excluding carboxylic acids is 2. The van der Waals surface area contributed by atoms with Crippen LogP contribution in [0.2, 0.25) is 0 Å². The van der Waals surface area contributed by atoms with Crippen molar-refractivity contribution >= 4 is 36.0 Å². The Bertz CT molecular complexity index is 411. The maximum atomic E-state index is 12.7. The minimum absolute atomic E-state index is 0. The van der Waals surface area contributed by atoms with Gasteiger partial charge in [-0.05, 0) is 25.7 Å². The molecule has 0 aliphatic carbocycles. The molecule has 7 heteroatoms. The highest BCUT2D eigenvalue weighted by Crippen LogP contribution is 2.30. The third-order valence-corrected chi connectivity index (χ3v) is 5.93. The van der Waals surface area contributed by atoms with Gasteiger partial charge in [0, 0.05) is 37.8 Å². The first-order chi connectivity index (χ1) is 9.56. The maximum Gasteiger partial charge on any atom is 0.246 e. The molecular formula is C14H24ClN3O2S. The van der Waals surface area contributed by atoms with Gasteiger partial charge in [-0.15, -0.1) is 24.2 Å². The van der Waals surface area contributed by atoms with Crippen LogP contribution >= 0.6 is 24.2 Å². The fourth-order valence-corrected chi connectivity index (χ4v) is 4.93. The van der Waals surface area contributed by atoms with Gasteiger partial charge in [0.05, 0.1) is 5.88 Å². The first kappa shape index (κ1) is 16.9. The number of rotatable bonds is 2. The molecule has 2 bridgehead atoms. The van der Waals surface area contributed by atoms with E-state index in [1.165, 1.54) is 12.8 Å². The van der Waals surface area contributed by atoms with E-state index in [9.17, 15) is 9.59 Å². The molecule has 3 fully saturated rings. The summed E-state index contributed by atoms with van der Waals surface area (Å²) in [4.78, 5) is 27.9. The van der Waals surface area contributed by atoms with Crippen LogP contribution < -0.4 is 5.32 Å². The summed E-state index contributed by atoms with van der Waals surface area (Å²) in [5, 5.41) is 3.60. The highest BCUT2D eigenvalue weighted by molar-refractivity contribution is 7.99. The Morgan fingerprint density at radius 3 is 2.43 bits per heavy atom. The Morgan fingerprint density at radius 1 is 1.24 bits per heavy atom. The van der Waals surface area contributed by atoms with E-state index >= 15 is 0 Å². The van der Waals surface area contributed by atoms with Crippen LogP contribution in [-0.4, -0.2) is 64.5 Å². The molecule has 3 atom stereocenters. The second-order valence-electron chi connectivity index (χ2n) is 6.22.